The Kier molecular flexibility index (Phi) is 6.40. The quantitative estimate of drug-likeness (QED) is 0.725. The molecule has 1 saturated heterocycles. The number of nitrogens with zero attached hydrogens (tertiary/aromatic N) is 1. The zero-order chi connectivity index (χ0) is 20.3. The first kappa shape index (κ1) is 20.8. The highest BCUT2D eigenvalue weighted by Gasteiger charge is 2.38. The Labute approximate surface area is 166 Å². The fourth-order valence-corrected chi connectivity index (χ4v) is 5.02. The number of sulfonamides is 1. The molecular weight excluding hydrogens is 378 g/mol. The third-order valence-electron chi connectivity index (χ3n) is 5.53. The fourth-order valence-electron chi connectivity index (χ4n) is 3.48. The summed E-state index contributed by atoms with van der Waals surface area (Å²) in [5.41, 5.74) is 1.28. The average molecular weight is 408 g/mol. The lowest BCUT2D eigenvalue weighted by molar-refractivity contribution is -0.122. The van der Waals surface area contributed by atoms with Crippen LogP contribution in [0.2, 0.25) is 0 Å². The number of aryl methyl sites for hydroxylation is 1. The summed E-state index contributed by atoms with van der Waals surface area (Å²) in [4.78, 5) is 24.2. The molecule has 1 aromatic rings. The number of amides is 2. The normalized spacial score (nSPS) is 22.5. The van der Waals surface area contributed by atoms with E-state index < -0.39 is 10.0 Å². The van der Waals surface area contributed by atoms with Gasteiger partial charge in [-0.2, -0.15) is 4.31 Å². The van der Waals surface area contributed by atoms with Crippen LogP contribution in [0, 0.1) is 18.8 Å². The Morgan fingerprint density at radius 1 is 1.18 bits per heavy atom. The molecule has 1 aliphatic carbocycles. The lowest BCUT2D eigenvalue weighted by atomic mass is 10.2. The van der Waals surface area contributed by atoms with Crippen molar-refractivity contribution in [3.05, 3.63) is 23.8 Å². The molecule has 8 heteroatoms. The molecule has 7 nitrogen and oxygen atoms in total. The Morgan fingerprint density at radius 2 is 1.86 bits per heavy atom. The van der Waals surface area contributed by atoms with Crippen LogP contribution in [0.1, 0.15) is 44.6 Å². The Hall–Kier alpha value is -1.93. The number of benzene rings is 1. The monoisotopic (exact) mass is 407 g/mol. The maximum Gasteiger partial charge on any atom is 0.243 e. The number of piperidine rings is 1. The highest BCUT2D eigenvalue weighted by molar-refractivity contribution is 7.89. The molecule has 28 heavy (non-hydrogen) atoms. The van der Waals surface area contributed by atoms with E-state index in [2.05, 4.69) is 10.6 Å². The van der Waals surface area contributed by atoms with E-state index in [0.29, 0.717) is 24.7 Å². The molecule has 2 atom stereocenters. The van der Waals surface area contributed by atoms with Crippen LogP contribution >= 0.6 is 0 Å². The van der Waals surface area contributed by atoms with E-state index in [0.717, 1.165) is 31.2 Å². The molecule has 0 spiro atoms. The van der Waals surface area contributed by atoms with Gasteiger partial charge in [0.15, 0.2) is 0 Å². The zero-order valence-corrected chi connectivity index (χ0v) is 17.3. The summed E-state index contributed by atoms with van der Waals surface area (Å²) in [5.74, 6) is 0.272. The first-order chi connectivity index (χ1) is 13.3. The van der Waals surface area contributed by atoms with E-state index in [1.807, 2.05) is 13.8 Å². The van der Waals surface area contributed by atoms with E-state index in [4.69, 9.17) is 0 Å². The van der Waals surface area contributed by atoms with E-state index in [1.165, 1.54) is 10.4 Å². The van der Waals surface area contributed by atoms with E-state index in [1.54, 1.807) is 12.1 Å². The topological polar surface area (TPSA) is 95.6 Å². The Bertz CT molecular complexity index is 847. The number of carbonyl (C=O) groups excluding carboxylic acids is 2. The van der Waals surface area contributed by atoms with Crippen molar-refractivity contribution in [1.29, 1.82) is 0 Å². The van der Waals surface area contributed by atoms with Crippen molar-refractivity contribution in [3.63, 3.8) is 0 Å². The van der Waals surface area contributed by atoms with Gasteiger partial charge in [-0.1, -0.05) is 19.4 Å². The first-order valence-electron chi connectivity index (χ1n) is 9.97. The second-order valence-electron chi connectivity index (χ2n) is 7.85. The summed E-state index contributed by atoms with van der Waals surface area (Å²) in [5, 5.41) is 5.56. The zero-order valence-electron chi connectivity index (χ0n) is 16.5. The van der Waals surface area contributed by atoms with Crippen molar-refractivity contribution < 1.29 is 18.0 Å². The van der Waals surface area contributed by atoms with Gasteiger partial charge in [0, 0.05) is 37.7 Å². The second-order valence-corrected chi connectivity index (χ2v) is 9.79. The molecule has 1 aromatic carbocycles. The summed E-state index contributed by atoms with van der Waals surface area (Å²) >= 11 is 0. The Morgan fingerprint density at radius 3 is 2.50 bits per heavy atom. The van der Waals surface area contributed by atoms with Gasteiger partial charge in [-0.15, -0.1) is 0 Å². The lowest BCUT2D eigenvalue weighted by Crippen LogP contribution is -2.35. The van der Waals surface area contributed by atoms with Crippen LogP contribution in [0.5, 0.6) is 0 Å². The predicted molar refractivity (Wildman–Crippen MR) is 107 cm³/mol. The van der Waals surface area contributed by atoms with Crippen molar-refractivity contribution in [1.82, 2.24) is 9.62 Å². The number of carbonyl (C=O) groups is 2. The first-order valence-corrected chi connectivity index (χ1v) is 11.4. The maximum atomic E-state index is 12.8. The lowest BCUT2D eigenvalue weighted by Gasteiger charge is -2.26. The minimum absolute atomic E-state index is 0.00565. The van der Waals surface area contributed by atoms with Crippen LogP contribution < -0.4 is 10.6 Å². The van der Waals surface area contributed by atoms with Gasteiger partial charge < -0.3 is 10.6 Å². The minimum Gasteiger partial charge on any atom is -0.355 e. The highest BCUT2D eigenvalue weighted by Crippen LogP contribution is 2.37. The molecule has 2 fully saturated rings. The number of rotatable bonds is 7. The molecule has 1 saturated carbocycles. The SMILES string of the molecule is Cc1ccc(S(=O)(=O)N2CCCCC2)cc1NC(=O)CCNC(=O)C1CC1C. The molecule has 2 unspecified atom stereocenters. The third kappa shape index (κ3) is 4.91. The number of nitrogens with one attached hydrogen (secondary N) is 2. The molecule has 2 aliphatic rings. The van der Waals surface area contributed by atoms with Gasteiger partial charge in [-0.05, 0) is 49.8 Å². The van der Waals surface area contributed by atoms with Crippen LogP contribution in [0.4, 0.5) is 5.69 Å². The van der Waals surface area contributed by atoms with Crippen molar-refractivity contribution >= 4 is 27.5 Å². The molecule has 0 radical (unpaired) electrons. The predicted octanol–water partition coefficient (Wildman–Crippen LogP) is 2.27. The largest absolute Gasteiger partial charge is 0.355 e. The third-order valence-corrected chi connectivity index (χ3v) is 7.43. The van der Waals surface area contributed by atoms with Gasteiger partial charge in [-0.3, -0.25) is 9.59 Å². The van der Waals surface area contributed by atoms with Crippen LogP contribution in [0.3, 0.4) is 0 Å². The standard InChI is InChI=1S/C20H29N3O4S/c1-14-6-7-16(28(26,27)23-10-4-3-5-11-23)13-18(14)22-19(24)8-9-21-20(25)17-12-15(17)2/h6-7,13,15,17H,3-5,8-12H2,1-2H3,(H,21,25)(H,22,24). The molecule has 2 amide bonds. The summed E-state index contributed by atoms with van der Waals surface area (Å²) in [6.07, 6.45) is 3.86. The van der Waals surface area contributed by atoms with Gasteiger partial charge in [0.1, 0.15) is 0 Å². The molecule has 3 rings (SSSR count). The van der Waals surface area contributed by atoms with Gasteiger partial charge in [-0.25, -0.2) is 8.42 Å². The van der Waals surface area contributed by atoms with Gasteiger partial charge in [0.05, 0.1) is 4.90 Å². The van der Waals surface area contributed by atoms with Gasteiger partial charge in [0.25, 0.3) is 0 Å². The van der Waals surface area contributed by atoms with Crippen molar-refractivity contribution in [2.45, 2.75) is 50.8 Å². The summed E-state index contributed by atoms with van der Waals surface area (Å²) < 4.78 is 27.2. The molecular formula is C20H29N3O4S. The van der Waals surface area contributed by atoms with Crippen molar-refractivity contribution in [2.24, 2.45) is 11.8 Å². The highest BCUT2D eigenvalue weighted by atomic mass is 32.2. The van der Waals surface area contributed by atoms with Crippen LogP contribution in [-0.2, 0) is 19.6 Å². The molecule has 154 valence electrons. The van der Waals surface area contributed by atoms with Gasteiger partial charge >= 0.3 is 0 Å². The van der Waals surface area contributed by atoms with E-state index in [9.17, 15) is 18.0 Å². The fraction of sp³-hybridized carbons (Fsp3) is 0.600. The van der Waals surface area contributed by atoms with Crippen molar-refractivity contribution in [3.8, 4) is 0 Å². The number of anilines is 1. The summed E-state index contributed by atoms with van der Waals surface area (Å²) in [6, 6.07) is 4.83. The number of hydrogen-bond donors (Lipinski definition) is 2. The van der Waals surface area contributed by atoms with Gasteiger partial charge in [0.2, 0.25) is 21.8 Å². The molecule has 0 aromatic heterocycles. The van der Waals surface area contributed by atoms with E-state index in [-0.39, 0.29) is 35.6 Å². The Balaban J connectivity index is 1.59. The smallest absolute Gasteiger partial charge is 0.243 e. The number of hydrogen-bond acceptors (Lipinski definition) is 4. The van der Waals surface area contributed by atoms with Crippen molar-refractivity contribution in [2.75, 3.05) is 25.0 Å². The second kappa shape index (κ2) is 8.61. The van der Waals surface area contributed by atoms with Crippen LogP contribution in [0.15, 0.2) is 23.1 Å². The molecule has 2 N–H and O–H groups in total. The summed E-state index contributed by atoms with van der Waals surface area (Å²) in [6.45, 7) is 5.21. The summed E-state index contributed by atoms with van der Waals surface area (Å²) in [7, 11) is -3.55. The minimum atomic E-state index is -3.55. The van der Waals surface area contributed by atoms with E-state index >= 15 is 0 Å². The molecule has 1 heterocycles. The van der Waals surface area contributed by atoms with Crippen LogP contribution in [-0.4, -0.2) is 44.2 Å². The maximum absolute atomic E-state index is 12.8. The van der Waals surface area contributed by atoms with Crippen LogP contribution in [0.25, 0.3) is 0 Å². The molecule has 0 bridgehead atoms. The average Bonchev–Trinajstić information content (AvgIpc) is 3.41. The molecule has 1 aliphatic heterocycles.